The summed E-state index contributed by atoms with van der Waals surface area (Å²) in [5.74, 6) is 0. The summed E-state index contributed by atoms with van der Waals surface area (Å²) in [5.41, 5.74) is 2.16. The van der Waals surface area contributed by atoms with Crippen LogP contribution in [0, 0.1) is 6.92 Å². The van der Waals surface area contributed by atoms with Gasteiger partial charge in [-0.15, -0.1) is 0 Å². The van der Waals surface area contributed by atoms with Gasteiger partial charge in [-0.1, -0.05) is 12.7 Å². The van der Waals surface area contributed by atoms with Crippen molar-refractivity contribution in [2.75, 3.05) is 0 Å². The fourth-order valence-electron chi connectivity index (χ4n) is 0.694. The molecule has 0 aromatic carbocycles. The largest absolute Gasteiger partial charge is 0.262 e. The zero-order valence-electron chi connectivity index (χ0n) is 5.46. The van der Waals surface area contributed by atoms with Crippen molar-refractivity contribution in [2.24, 2.45) is 0 Å². The molecule has 0 atom stereocenters. The third-order valence-corrected chi connectivity index (χ3v) is 1.16. The molecule has 46 valence electrons. The lowest BCUT2D eigenvalue weighted by Crippen LogP contribution is -1.78. The molecular formula is C8H9N. The van der Waals surface area contributed by atoms with Crippen molar-refractivity contribution in [1.82, 2.24) is 4.98 Å². The fourth-order valence-corrected chi connectivity index (χ4v) is 0.694. The van der Waals surface area contributed by atoms with Gasteiger partial charge in [0.2, 0.25) is 0 Å². The highest BCUT2D eigenvalue weighted by Crippen LogP contribution is 2.00. The summed E-state index contributed by atoms with van der Waals surface area (Å²) in [6, 6.07) is 3.92. The second-order valence-electron chi connectivity index (χ2n) is 1.93. The molecule has 0 bridgehead atoms. The monoisotopic (exact) mass is 119 g/mol. The summed E-state index contributed by atoms with van der Waals surface area (Å²) >= 11 is 0. The van der Waals surface area contributed by atoms with Crippen LogP contribution in [0.5, 0.6) is 0 Å². The minimum Gasteiger partial charge on any atom is -0.262 e. The van der Waals surface area contributed by atoms with Gasteiger partial charge in [0, 0.05) is 11.9 Å². The number of rotatable bonds is 1. The first-order chi connectivity index (χ1) is 4.33. The summed E-state index contributed by atoms with van der Waals surface area (Å²) in [6.07, 6.45) is 3.60. The zero-order valence-corrected chi connectivity index (χ0v) is 5.46. The van der Waals surface area contributed by atoms with Crippen molar-refractivity contribution in [1.29, 1.82) is 0 Å². The lowest BCUT2D eigenvalue weighted by molar-refractivity contribution is 1.20. The van der Waals surface area contributed by atoms with Crippen LogP contribution in [0.25, 0.3) is 6.08 Å². The number of nitrogens with zero attached hydrogens (tertiary/aromatic N) is 1. The SMILES string of the molecule is C=Cc1ccnc(C)c1. The van der Waals surface area contributed by atoms with E-state index in [1.54, 1.807) is 6.20 Å². The van der Waals surface area contributed by atoms with E-state index >= 15 is 0 Å². The van der Waals surface area contributed by atoms with Crippen molar-refractivity contribution in [3.8, 4) is 0 Å². The van der Waals surface area contributed by atoms with Crippen molar-refractivity contribution < 1.29 is 0 Å². The summed E-state index contributed by atoms with van der Waals surface area (Å²) in [6.45, 7) is 5.61. The maximum Gasteiger partial charge on any atom is 0.0378 e. The molecule has 0 radical (unpaired) electrons. The maximum atomic E-state index is 4.04. The van der Waals surface area contributed by atoms with Crippen molar-refractivity contribution >= 4 is 6.08 Å². The molecule has 1 nitrogen and oxygen atoms in total. The van der Waals surface area contributed by atoms with Crippen LogP contribution in [0.4, 0.5) is 0 Å². The molecule has 1 rings (SSSR count). The van der Waals surface area contributed by atoms with Gasteiger partial charge in [-0.2, -0.15) is 0 Å². The van der Waals surface area contributed by atoms with Crippen LogP contribution >= 0.6 is 0 Å². The maximum absolute atomic E-state index is 4.04. The molecular weight excluding hydrogens is 110 g/mol. The number of pyridine rings is 1. The zero-order chi connectivity index (χ0) is 6.69. The van der Waals surface area contributed by atoms with E-state index in [4.69, 9.17) is 0 Å². The van der Waals surface area contributed by atoms with Crippen molar-refractivity contribution in [3.05, 3.63) is 36.2 Å². The van der Waals surface area contributed by atoms with Crippen molar-refractivity contribution in [2.45, 2.75) is 6.92 Å². The summed E-state index contributed by atoms with van der Waals surface area (Å²) in [5, 5.41) is 0. The quantitative estimate of drug-likeness (QED) is 0.551. The first kappa shape index (κ1) is 6.02. The van der Waals surface area contributed by atoms with Crippen LogP contribution in [0.15, 0.2) is 24.9 Å². The minimum atomic E-state index is 1.03. The van der Waals surface area contributed by atoms with E-state index in [0.717, 1.165) is 11.3 Å². The Morgan fingerprint density at radius 1 is 1.67 bits per heavy atom. The van der Waals surface area contributed by atoms with Crippen LogP contribution < -0.4 is 0 Å². The Balaban J connectivity index is 3.07. The second kappa shape index (κ2) is 2.44. The lowest BCUT2D eigenvalue weighted by atomic mass is 10.2. The third-order valence-electron chi connectivity index (χ3n) is 1.16. The fraction of sp³-hybridized carbons (Fsp3) is 0.125. The molecule has 0 amide bonds. The Kier molecular flexibility index (Phi) is 1.63. The third kappa shape index (κ3) is 1.39. The Hall–Kier alpha value is -1.11. The van der Waals surface area contributed by atoms with Gasteiger partial charge in [0.05, 0.1) is 0 Å². The van der Waals surface area contributed by atoms with E-state index in [9.17, 15) is 0 Å². The highest BCUT2D eigenvalue weighted by atomic mass is 14.6. The molecule has 0 aliphatic rings. The smallest absolute Gasteiger partial charge is 0.0378 e. The Labute approximate surface area is 55.1 Å². The molecule has 1 heterocycles. The molecule has 1 heteroatoms. The normalized spacial score (nSPS) is 9.00. The summed E-state index contributed by atoms with van der Waals surface area (Å²) in [4.78, 5) is 4.04. The van der Waals surface area contributed by atoms with E-state index in [2.05, 4.69) is 11.6 Å². The summed E-state index contributed by atoms with van der Waals surface area (Å²) in [7, 11) is 0. The average molecular weight is 119 g/mol. The van der Waals surface area contributed by atoms with Crippen LogP contribution in [0.3, 0.4) is 0 Å². The number of hydrogen-bond donors (Lipinski definition) is 0. The van der Waals surface area contributed by atoms with E-state index in [1.807, 2.05) is 25.1 Å². The summed E-state index contributed by atoms with van der Waals surface area (Å²) < 4.78 is 0. The lowest BCUT2D eigenvalue weighted by Gasteiger charge is -1.91. The number of aryl methyl sites for hydroxylation is 1. The Morgan fingerprint density at radius 2 is 2.44 bits per heavy atom. The molecule has 0 aliphatic carbocycles. The van der Waals surface area contributed by atoms with Crippen LogP contribution in [-0.2, 0) is 0 Å². The van der Waals surface area contributed by atoms with Crippen LogP contribution in [-0.4, -0.2) is 4.98 Å². The van der Waals surface area contributed by atoms with Gasteiger partial charge in [-0.3, -0.25) is 4.98 Å². The molecule has 0 spiro atoms. The van der Waals surface area contributed by atoms with E-state index in [0.29, 0.717) is 0 Å². The molecule has 0 fully saturated rings. The van der Waals surface area contributed by atoms with Crippen molar-refractivity contribution in [3.63, 3.8) is 0 Å². The van der Waals surface area contributed by atoms with Gasteiger partial charge < -0.3 is 0 Å². The molecule has 1 aromatic rings. The van der Waals surface area contributed by atoms with Gasteiger partial charge in [0.25, 0.3) is 0 Å². The first-order valence-electron chi connectivity index (χ1n) is 2.88. The molecule has 0 aliphatic heterocycles. The molecule has 0 saturated heterocycles. The first-order valence-corrected chi connectivity index (χ1v) is 2.88. The van der Waals surface area contributed by atoms with E-state index in [1.165, 1.54) is 0 Å². The predicted molar refractivity (Wildman–Crippen MR) is 39.1 cm³/mol. The van der Waals surface area contributed by atoms with Gasteiger partial charge in [-0.05, 0) is 24.6 Å². The standard InChI is InChI=1S/C8H9N/c1-3-8-4-5-9-7(2)6-8/h3-6H,1H2,2H3. The molecule has 9 heavy (non-hydrogen) atoms. The average Bonchev–Trinajstić information content (AvgIpc) is 1.88. The van der Waals surface area contributed by atoms with E-state index < -0.39 is 0 Å². The van der Waals surface area contributed by atoms with Gasteiger partial charge >= 0.3 is 0 Å². The van der Waals surface area contributed by atoms with Crippen LogP contribution in [0.1, 0.15) is 11.3 Å². The van der Waals surface area contributed by atoms with E-state index in [-0.39, 0.29) is 0 Å². The second-order valence-corrected chi connectivity index (χ2v) is 1.93. The Morgan fingerprint density at radius 3 is 2.89 bits per heavy atom. The highest BCUT2D eigenvalue weighted by molar-refractivity contribution is 5.46. The number of hydrogen-bond acceptors (Lipinski definition) is 1. The Bertz CT molecular complexity index is 216. The van der Waals surface area contributed by atoms with Crippen LogP contribution in [0.2, 0.25) is 0 Å². The molecule has 1 aromatic heterocycles. The highest BCUT2D eigenvalue weighted by Gasteiger charge is 1.84. The topological polar surface area (TPSA) is 12.9 Å². The molecule has 0 N–H and O–H groups in total. The minimum absolute atomic E-state index is 1.03. The van der Waals surface area contributed by atoms with Gasteiger partial charge in [0.15, 0.2) is 0 Å². The molecule has 0 saturated carbocycles. The van der Waals surface area contributed by atoms with Gasteiger partial charge in [-0.25, -0.2) is 0 Å². The molecule has 0 unspecified atom stereocenters. The number of aromatic nitrogens is 1. The predicted octanol–water partition coefficient (Wildman–Crippen LogP) is 2.03. The van der Waals surface area contributed by atoms with Gasteiger partial charge in [0.1, 0.15) is 0 Å².